The number of hydrogen-bond acceptors (Lipinski definition) is 8. The summed E-state index contributed by atoms with van der Waals surface area (Å²) in [6.45, 7) is 4.73. The van der Waals surface area contributed by atoms with Crippen molar-refractivity contribution >= 4 is 40.6 Å². The number of nitrogens with two attached hydrogens (primary N) is 2. The molecular formula is C27H31N5O5S. The number of methoxy groups -OCH3 is 1. The lowest BCUT2D eigenvalue weighted by Gasteiger charge is -2.33. The third-order valence-electron chi connectivity index (χ3n) is 6.46. The number of nitrogen functional groups attached to an aromatic ring is 1. The highest BCUT2D eigenvalue weighted by atomic mass is 32.1. The zero-order valence-corrected chi connectivity index (χ0v) is 22.3. The molecular weight excluding hydrogens is 506 g/mol. The Labute approximate surface area is 225 Å². The molecule has 1 aliphatic heterocycles. The largest absolute Gasteiger partial charge is 0.497 e. The number of carbonyl (C=O) groups excluding carboxylic acids is 3. The third kappa shape index (κ3) is 5.63. The first-order chi connectivity index (χ1) is 18.2. The standard InChI is InChI=1S/C27H31N5O5S/c1-15-6-7-16(2)20(13-15)32(27(35)24-21(28)22(25(29)33)31-38-24)23(17-8-10-18(36-3)11-9-17)26(34)30-14-19-5-4-12-37-19/h6-11,13,19,23H,4-5,12,14,28H2,1-3H3,(H2,29,33)(H,30,34). The van der Waals surface area contributed by atoms with Gasteiger partial charge in [-0.05, 0) is 73.1 Å². The quantitative estimate of drug-likeness (QED) is 0.379. The maximum atomic E-state index is 14.2. The molecule has 5 N–H and O–H groups in total. The lowest BCUT2D eigenvalue weighted by Crippen LogP contribution is -2.46. The van der Waals surface area contributed by atoms with Crippen LogP contribution in [0.1, 0.15) is 55.7 Å². The van der Waals surface area contributed by atoms with Gasteiger partial charge in [0.25, 0.3) is 11.8 Å². The van der Waals surface area contributed by atoms with Gasteiger partial charge in [0.05, 0.1) is 18.9 Å². The van der Waals surface area contributed by atoms with E-state index in [0.717, 1.165) is 35.5 Å². The Hall–Kier alpha value is -3.96. The molecule has 2 unspecified atom stereocenters. The minimum atomic E-state index is -1.08. The fraction of sp³-hybridized carbons (Fsp3) is 0.333. The molecule has 11 heteroatoms. The van der Waals surface area contributed by atoms with Crippen molar-refractivity contribution in [1.29, 1.82) is 0 Å². The molecule has 1 fully saturated rings. The zero-order chi connectivity index (χ0) is 27.4. The molecule has 1 saturated heterocycles. The van der Waals surface area contributed by atoms with E-state index in [0.29, 0.717) is 30.2 Å². The normalized spacial score (nSPS) is 15.6. The number of amides is 3. The van der Waals surface area contributed by atoms with Crippen molar-refractivity contribution in [2.24, 2.45) is 5.73 Å². The first-order valence-corrected chi connectivity index (χ1v) is 13.0. The minimum Gasteiger partial charge on any atom is -0.497 e. The number of nitrogens with one attached hydrogen (secondary N) is 1. The molecule has 0 aliphatic carbocycles. The predicted octanol–water partition coefficient (Wildman–Crippen LogP) is 3.13. The van der Waals surface area contributed by atoms with Gasteiger partial charge in [0.15, 0.2) is 5.69 Å². The highest BCUT2D eigenvalue weighted by molar-refractivity contribution is 7.09. The van der Waals surface area contributed by atoms with Crippen LogP contribution in [-0.2, 0) is 9.53 Å². The molecule has 2 aromatic carbocycles. The van der Waals surface area contributed by atoms with Crippen molar-refractivity contribution in [1.82, 2.24) is 9.69 Å². The molecule has 0 bridgehead atoms. The maximum Gasteiger partial charge on any atom is 0.273 e. The summed E-state index contributed by atoms with van der Waals surface area (Å²) in [4.78, 5) is 41.3. The molecule has 4 rings (SSSR count). The summed E-state index contributed by atoms with van der Waals surface area (Å²) in [7, 11) is 1.55. The second-order valence-corrected chi connectivity index (χ2v) is 9.93. The number of primary amides is 1. The Morgan fingerprint density at radius 1 is 1.21 bits per heavy atom. The summed E-state index contributed by atoms with van der Waals surface area (Å²) < 4.78 is 15.0. The second kappa shape index (κ2) is 11.6. The Bertz CT molecular complexity index is 1330. The highest BCUT2D eigenvalue weighted by Crippen LogP contribution is 2.35. The number of anilines is 2. The van der Waals surface area contributed by atoms with Crippen LogP contribution in [0.4, 0.5) is 11.4 Å². The number of rotatable bonds is 9. The van der Waals surface area contributed by atoms with Crippen LogP contribution in [0.25, 0.3) is 0 Å². The second-order valence-electron chi connectivity index (χ2n) is 9.16. The molecule has 0 radical (unpaired) electrons. The van der Waals surface area contributed by atoms with Gasteiger partial charge in [-0.15, -0.1) is 0 Å². The number of aryl methyl sites for hydroxylation is 2. The van der Waals surface area contributed by atoms with E-state index in [2.05, 4.69) is 9.69 Å². The zero-order valence-electron chi connectivity index (χ0n) is 21.5. The van der Waals surface area contributed by atoms with E-state index in [1.165, 1.54) is 4.90 Å². The first-order valence-electron chi connectivity index (χ1n) is 12.2. The average molecular weight is 538 g/mol. The monoisotopic (exact) mass is 537 g/mol. The Morgan fingerprint density at radius 2 is 1.95 bits per heavy atom. The summed E-state index contributed by atoms with van der Waals surface area (Å²) in [6, 6.07) is 11.5. The number of carbonyl (C=O) groups is 3. The number of ether oxygens (including phenoxy) is 2. The molecule has 2 heterocycles. The smallest absolute Gasteiger partial charge is 0.273 e. The third-order valence-corrected chi connectivity index (χ3v) is 7.32. The molecule has 1 aliphatic rings. The van der Waals surface area contributed by atoms with E-state index >= 15 is 0 Å². The number of nitrogens with zero attached hydrogens (tertiary/aromatic N) is 2. The molecule has 3 amide bonds. The lowest BCUT2D eigenvalue weighted by molar-refractivity contribution is -0.123. The molecule has 1 aromatic heterocycles. The van der Waals surface area contributed by atoms with Gasteiger partial charge in [0, 0.05) is 18.8 Å². The van der Waals surface area contributed by atoms with E-state index in [1.807, 2.05) is 32.0 Å². The molecule has 10 nitrogen and oxygen atoms in total. The Morgan fingerprint density at radius 3 is 2.55 bits per heavy atom. The Kier molecular flexibility index (Phi) is 8.28. The fourth-order valence-electron chi connectivity index (χ4n) is 4.40. The molecule has 0 spiro atoms. The van der Waals surface area contributed by atoms with Gasteiger partial charge >= 0.3 is 0 Å². The van der Waals surface area contributed by atoms with Crippen LogP contribution in [0.2, 0.25) is 0 Å². The maximum absolute atomic E-state index is 14.2. The minimum absolute atomic E-state index is 0.0187. The van der Waals surface area contributed by atoms with Gasteiger partial charge in [-0.1, -0.05) is 24.3 Å². The average Bonchev–Trinajstić information content (AvgIpc) is 3.57. The number of aromatic nitrogens is 1. The van der Waals surface area contributed by atoms with Gasteiger partial charge < -0.3 is 26.3 Å². The van der Waals surface area contributed by atoms with Crippen LogP contribution in [0, 0.1) is 13.8 Å². The van der Waals surface area contributed by atoms with Crippen molar-refractivity contribution < 1.29 is 23.9 Å². The van der Waals surface area contributed by atoms with E-state index < -0.39 is 23.8 Å². The number of hydrogen-bond donors (Lipinski definition) is 3. The van der Waals surface area contributed by atoms with Crippen molar-refractivity contribution in [3.05, 3.63) is 69.7 Å². The van der Waals surface area contributed by atoms with Gasteiger partial charge in [-0.3, -0.25) is 19.3 Å². The summed E-state index contributed by atoms with van der Waals surface area (Å²) in [5, 5.41) is 2.97. The summed E-state index contributed by atoms with van der Waals surface area (Å²) in [5.74, 6) is -1.20. The van der Waals surface area contributed by atoms with Crippen LogP contribution in [0.5, 0.6) is 5.75 Å². The van der Waals surface area contributed by atoms with E-state index in [9.17, 15) is 14.4 Å². The van der Waals surface area contributed by atoms with E-state index in [-0.39, 0.29) is 22.4 Å². The van der Waals surface area contributed by atoms with Crippen molar-refractivity contribution in [2.75, 3.05) is 30.9 Å². The van der Waals surface area contributed by atoms with Crippen molar-refractivity contribution in [3.63, 3.8) is 0 Å². The Balaban J connectivity index is 1.85. The lowest BCUT2D eigenvalue weighted by atomic mass is 10.00. The van der Waals surface area contributed by atoms with E-state index in [4.69, 9.17) is 20.9 Å². The van der Waals surface area contributed by atoms with Crippen LogP contribution in [-0.4, -0.2) is 48.5 Å². The van der Waals surface area contributed by atoms with Crippen LogP contribution in [0.15, 0.2) is 42.5 Å². The fourth-order valence-corrected chi connectivity index (χ4v) is 5.15. The van der Waals surface area contributed by atoms with Gasteiger partial charge in [0.2, 0.25) is 5.91 Å². The van der Waals surface area contributed by atoms with Crippen LogP contribution >= 0.6 is 11.5 Å². The van der Waals surface area contributed by atoms with Gasteiger partial charge in [-0.2, -0.15) is 4.37 Å². The molecule has 200 valence electrons. The van der Waals surface area contributed by atoms with Crippen LogP contribution in [0.3, 0.4) is 0 Å². The molecule has 2 atom stereocenters. The predicted molar refractivity (Wildman–Crippen MR) is 145 cm³/mol. The summed E-state index contributed by atoms with van der Waals surface area (Å²) in [5.41, 5.74) is 14.0. The van der Waals surface area contributed by atoms with E-state index in [1.54, 1.807) is 31.4 Å². The van der Waals surface area contributed by atoms with Crippen molar-refractivity contribution in [3.8, 4) is 5.75 Å². The van der Waals surface area contributed by atoms with Gasteiger partial charge in [0.1, 0.15) is 16.7 Å². The SMILES string of the molecule is COc1ccc(C(C(=O)NCC2CCCO2)N(C(=O)c2snc(C(N)=O)c2N)c2cc(C)ccc2C)cc1. The topological polar surface area (TPSA) is 150 Å². The van der Waals surface area contributed by atoms with Gasteiger partial charge in [-0.25, -0.2) is 0 Å². The summed E-state index contributed by atoms with van der Waals surface area (Å²) >= 11 is 0.771. The molecule has 38 heavy (non-hydrogen) atoms. The first kappa shape index (κ1) is 27.1. The van der Waals surface area contributed by atoms with Crippen molar-refractivity contribution in [2.45, 2.75) is 38.8 Å². The van der Waals surface area contributed by atoms with Crippen LogP contribution < -0.4 is 26.4 Å². The number of benzene rings is 2. The molecule has 0 saturated carbocycles. The summed E-state index contributed by atoms with van der Waals surface area (Å²) in [6.07, 6.45) is 1.69. The molecule has 3 aromatic rings. The highest BCUT2D eigenvalue weighted by Gasteiger charge is 2.37.